The second-order valence-corrected chi connectivity index (χ2v) is 5.90. The number of hydrogen-bond donors (Lipinski definition) is 2. The van der Waals surface area contributed by atoms with Crippen LogP contribution in [0.2, 0.25) is 0 Å². The van der Waals surface area contributed by atoms with Crippen molar-refractivity contribution in [1.82, 2.24) is 4.98 Å². The maximum Gasteiger partial charge on any atom is 0.238 e. The summed E-state index contributed by atoms with van der Waals surface area (Å²) in [5.41, 5.74) is 8.13. The van der Waals surface area contributed by atoms with Crippen LogP contribution < -0.4 is 11.1 Å². The highest BCUT2D eigenvalue weighted by molar-refractivity contribution is 7.20. The average molecular weight is 327 g/mol. The Morgan fingerprint density at radius 1 is 1.13 bits per heavy atom. The Morgan fingerprint density at radius 2 is 1.83 bits per heavy atom. The van der Waals surface area contributed by atoms with Crippen molar-refractivity contribution in [3.8, 4) is 21.6 Å². The maximum atomic E-state index is 13.2. The summed E-state index contributed by atoms with van der Waals surface area (Å²) < 4.78 is 13.2. The molecule has 0 unspecified atom stereocenters. The number of halogens is 1. The molecule has 1 aromatic carbocycles. The van der Waals surface area contributed by atoms with Crippen molar-refractivity contribution in [3.05, 3.63) is 60.7 Å². The first-order chi connectivity index (χ1) is 11.2. The Kier molecular flexibility index (Phi) is 4.45. The Hall–Kier alpha value is -2.57. The number of anilines is 1. The van der Waals surface area contributed by atoms with Gasteiger partial charge >= 0.3 is 0 Å². The third-order valence-electron chi connectivity index (χ3n) is 3.28. The van der Waals surface area contributed by atoms with Gasteiger partial charge < -0.3 is 11.1 Å². The molecule has 2 heterocycles. The smallest absolute Gasteiger partial charge is 0.238 e. The molecule has 0 radical (unpaired) electrons. The van der Waals surface area contributed by atoms with Crippen molar-refractivity contribution < 1.29 is 9.18 Å². The maximum absolute atomic E-state index is 13.2. The highest BCUT2D eigenvalue weighted by Gasteiger charge is 2.14. The molecule has 1 amide bonds. The normalized spacial score (nSPS) is 10.5. The van der Waals surface area contributed by atoms with E-state index in [4.69, 9.17) is 5.73 Å². The summed E-state index contributed by atoms with van der Waals surface area (Å²) in [6.07, 6.45) is 3.42. The third-order valence-corrected chi connectivity index (χ3v) is 4.38. The van der Waals surface area contributed by atoms with Crippen molar-refractivity contribution in [2.75, 3.05) is 11.9 Å². The molecule has 3 N–H and O–H groups in total. The average Bonchev–Trinajstić information content (AvgIpc) is 3.00. The Morgan fingerprint density at radius 3 is 2.48 bits per heavy atom. The zero-order chi connectivity index (χ0) is 16.2. The van der Waals surface area contributed by atoms with Crippen molar-refractivity contribution in [2.45, 2.75) is 0 Å². The van der Waals surface area contributed by atoms with Gasteiger partial charge in [0.05, 0.1) is 11.5 Å². The molecule has 0 atom stereocenters. The van der Waals surface area contributed by atoms with E-state index in [2.05, 4.69) is 10.3 Å². The predicted octanol–water partition coefficient (Wildman–Crippen LogP) is 3.51. The number of hydrogen-bond acceptors (Lipinski definition) is 4. The molecule has 3 aromatic rings. The lowest BCUT2D eigenvalue weighted by Gasteiger charge is -2.03. The molecule has 0 fully saturated rings. The van der Waals surface area contributed by atoms with Crippen LogP contribution in [0.15, 0.2) is 54.9 Å². The highest BCUT2D eigenvalue weighted by Crippen LogP contribution is 2.41. The van der Waals surface area contributed by atoms with Crippen molar-refractivity contribution in [2.24, 2.45) is 5.73 Å². The molecule has 0 spiro atoms. The van der Waals surface area contributed by atoms with Crippen LogP contribution in [-0.4, -0.2) is 17.4 Å². The number of pyridine rings is 1. The van der Waals surface area contributed by atoms with Gasteiger partial charge in [-0.1, -0.05) is 12.1 Å². The summed E-state index contributed by atoms with van der Waals surface area (Å²) in [6, 6.07) is 11.9. The van der Waals surface area contributed by atoms with Gasteiger partial charge in [-0.3, -0.25) is 9.78 Å². The van der Waals surface area contributed by atoms with E-state index in [-0.39, 0.29) is 18.3 Å². The van der Waals surface area contributed by atoms with Gasteiger partial charge in [0.25, 0.3) is 0 Å². The first-order valence-corrected chi connectivity index (χ1v) is 7.79. The Labute approximate surface area is 136 Å². The first kappa shape index (κ1) is 15.3. The van der Waals surface area contributed by atoms with Gasteiger partial charge in [0, 0.05) is 22.8 Å². The zero-order valence-corrected chi connectivity index (χ0v) is 12.9. The molecule has 6 heteroatoms. The minimum atomic E-state index is -0.286. The third kappa shape index (κ3) is 3.44. The Balaban J connectivity index is 2.08. The molecule has 0 bridgehead atoms. The van der Waals surface area contributed by atoms with Gasteiger partial charge in [0.2, 0.25) is 5.91 Å². The summed E-state index contributed by atoms with van der Waals surface area (Å²) in [5, 5.41) is 3.47. The number of nitrogens with one attached hydrogen (secondary N) is 1. The fourth-order valence-electron chi connectivity index (χ4n) is 2.20. The van der Waals surface area contributed by atoms with Crippen LogP contribution in [0.5, 0.6) is 0 Å². The monoisotopic (exact) mass is 327 g/mol. The molecule has 0 aliphatic carbocycles. The Bertz CT molecular complexity index is 816. The number of thiophene rings is 1. The number of carbonyl (C=O) groups excluding carboxylic acids is 1. The number of nitrogens with two attached hydrogens (primary N) is 1. The van der Waals surface area contributed by atoms with E-state index in [0.717, 1.165) is 21.6 Å². The standard InChI is InChI=1S/C17H14FN3OS/c18-13-3-1-11(2-4-13)14-9-16(21-15(22)10-19)23-17(14)12-5-7-20-8-6-12/h1-9H,10,19H2,(H,21,22). The van der Waals surface area contributed by atoms with Gasteiger partial charge in [-0.05, 0) is 41.5 Å². The first-order valence-electron chi connectivity index (χ1n) is 6.97. The summed E-state index contributed by atoms with van der Waals surface area (Å²) >= 11 is 1.45. The lowest BCUT2D eigenvalue weighted by molar-refractivity contribution is -0.114. The van der Waals surface area contributed by atoms with Crippen LogP contribution in [0.25, 0.3) is 21.6 Å². The molecule has 0 aliphatic rings. The number of rotatable bonds is 4. The molecule has 0 aliphatic heterocycles. The van der Waals surface area contributed by atoms with Crippen molar-refractivity contribution >= 4 is 22.2 Å². The topological polar surface area (TPSA) is 68.0 Å². The minimum Gasteiger partial charge on any atom is -0.322 e. The molecule has 116 valence electrons. The minimum absolute atomic E-state index is 0.0750. The van der Waals surface area contributed by atoms with E-state index in [1.165, 1.54) is 23.5 Å². The van der Waals surface area contributed by atoms with Crippen LogP contribution >= 0.6 is 11.3 Å². The zero-order valence-electron chi connectivity index (χ0n) is 12.1. The second kappa shape index (κ2) is 6.68. The summed E-state index contributed by atoms with van der Waals surface area (Å²) in [4.78, 5) is 16.5. The summed E-state index contributed by atoms with van der Waals surface area (Å²) in [7, 11) is 0. The van der Waals surface area contributed by atoms with E-state index < -0.39 is 0 Å². The fraction of sp³-hybridized carbons (Fsp3) is 0.0588. The molecule has 3 rings (SSSR count). The molecular weight excluding hydrogens is 313 g/mol. The molecule has 2 aromatic heterocycles. The molecular formula is C17H14FN3OS. The quantitative estimate of drug-likeness (QED) is 0.770. The van der Waals surface area contributed by atoms with Gasteiger partial charge in [0.15, 0.2) is 0 Å². The number of nitrogens with zero attached hydrogens (tertiary/aromatic N) is 1. The van der Waals surface area contributed by atoms with Gasteiger partial charge in [-0.15, -0.1) is 11.3 Å². The van der Waals surface area contributed by atoms with Crippen molar-refractivity contribution in [3.63, 3.8) is 0 Å². The van der Waals surface area contributed by atoms with Gasteiger partial charge in [-0.2, -0.15) is 0 Å². The van der Waals surface area contributed by atoms with E-state index >= 15 is 0 Å². The summed E-state index contributed by atoms with van der Waals surface area (Å²) in [5.74, 6) is -0.538. The predicted molar refractivity (Wildman–Crippen MR) is 90.6 cm³/mol. The number of amides is 1. The molecule has 23 heavy (non-hydrogen) atoms. The number of aromatic nitrogens is 1. The van der Waals surface area contributed by atoms with Gasteiger partial charge in [-0.25, -0.2) is 4.39 Å². The fourth-order valence-corrected chi connectivity index (χ4v) is 3.30. The SMILES string of the molecule is NCC(=O)Nc1cc(-c2ccc(F)cc2)c(-c2ccncc2)s1. The number of carbonyl (C=O) groups is 1. The van der Waals surface area contributed by atoms with E-state index in [1.807, 2.05) is 18.2 Å². The molecule has 0 saturated heterocycles. The van der Waals surface area contributed by atoms with E-state index in [1.54, 1.807) is 24.5 Å². The summed E-state index contributed by atoms with van der Waals surface area (Å²) in [6.45, 7) is -0.0750. The number of benzene rings is 1. The van der Waals surface area contributed by atoms with Crippen LogP contribution in [-0.2, 0) is 4.79 Å². The highest BCUT2D eigenvalue weighted by atomic mass is 32.1. The molecule has 4 nitrogen and oxygen atoms in total. The lowest BCUT2D eigenvalue weighted by Crippen LogP contribution is -2.21. The van der Waals surface area contributed by atoms with E-state index in [9.17, 15) is 9.18 Å². The van der Waals surface area contributed by atoms with Crippen LogP contribution in [0.1, 0.15) is 0 Å². The van der Waals surface area contributed by atoms with E-state index in [0.29, 0.717) is 5.00 Å². The van der Waals surface area contributed by atoms with Crippen LogP contribution in [0, 0.1) is 5.82 Å². The lowest BCUT2D eigenvalue weighted by atomic mass is 10.0. The largest absolute Gasteiger partial charge is 0.322 e. The van der Waals surface area contributed by atoms with Crippen LogP contribution in [0.4, 0.5) is 9.39 Å². The molecule has 0 saturated carbocycles. The van der Waals surface area contributed by atoms with Gasteiger partial charge in [0.1, 0.15) is 5.82 Å². The second-order valence-electron chi connectivity index (χ2n) is 4.85. The van der Waals surface area contributed by atoms with Crippen molar-refractivity contribution in [1.29, 1.82) is 0 Å². The van der Waals surface area contributed by atoms with Crippen LogP contribution in [0.3, 0.4) is 0 Å².